The number of nitrogens with one attached hydrogen (secondary N) is 1. The first-order valence-electron chi connectivity index (χ1n) is 10.5. The number of hydrogen-bond acceptors (Lipinski definition) is 6. The van der Waals surface area contributed by atoms with Gasteiger partial charge in [0.2, 0.25) is 10.0 Å². The molecule has 190 valence electrons. The van der Waals surface area contributed by atoms with E-state index in [1.165, 1.54) is 37.4 Å². The molecule has 35 heavy (non-hydrogen) atoms. The predicted octanol–water partition coefficient (Wildman–Crippen LogP) is 1.86. The third-order valence-electron chi connectivity index (χ3n) is 4.71. The normalized spacial score (nSPS) is 11.8. The van der Waals surface area contributed by atoms with Gasteiger partial charge in [-0.25, -0.2) is 27.1 Å². The fourth-order valence-electron chi connectivity index (χ4n) is 3.07. The molecule has 13 heteroatoms. The summed E-state index contributed by atoms with van der Waals surface area (Å²) in [7, 11) is -1.04. The summed E-state index contributed by atoms with van der Waals surface area (Å²) in [5.74, 6) is -0.593. The number of ether oxygens (including phenoxy) is 2. The Morgan fingerprint density at radius 1 is 1.17 bits per heavy atom. The highest BCUT2D eigenvalue weighted by Crippen LogP contribution is 2.26. The quantitative estimate of drug-likeness (QED) is 0.521. The molecule has 0 fully saturated rings. The molecule has 0 aliphatic rings. The van der Waals surface area contributed by atoms with E-state index in [2.05, 4.69) is 5.32 Å². The third-order valence-corrected chi connectivity index (χ3v) is 5.66. The van der Waals surface area contributed by atoms with Gasteiger partial charge in [-0.2, -0.15) is 0 Å². The van der Waals surface area contributed by atoms with Gasteiger partial charge in [0, 0.05) is 23.9 Å². The van der Waals surface area contributed by atoms with Crippen molar-refractivity contribution in [3.63, 3.8) is 0 Å². The van der Waals surface area contributed by atoms with Crippen LogP contribution >= 0.6 is 0 Å². The summed E-state index contributed by atoms with van der Waals surface area (Å²) in [6.07, 6.45) is -3.67. The summed E-state index contributed by atoms with van der Waals surface area (Å²) in [4.78, 5) is 25.9. The van der Waals surface area contributed by atoms with Gasteiger partial charge in [0.1, 0.15) is 24.1 Å². The molecule has 2 amide bonds. The maximum Gasteiger partial charge on any atom is 0.410 e. The molecule has 0 saturated carbocycles. The van der Waals surface area contributed by atoms with Gasteiger partial charge in [-0.1, -0.05) is 11.5 Å². The Labute approximate surface area is 204 Å². The lowest BCUT2D eigenvalue weighted by Gasteiger charge is -2.28. The number of benzene rings is 2. The molecule has 3 N–H and O–H groups in total. The average molecular weight is 511 g/mol. The molecule has 0 unspecified atom stereocenters. The number of halogens is 2. The number of amides is 2. The summed E-state index contributed by atoms with van der Waals surface area (Å²) in [5, 5.41) is 7.77. The number of carbonyl (C=O) groups is 2. The van der Waals surface area contributed by atoms with Crippen molar-refractivity contribution in [2.24, 2.45) is 5.14 Å². The van der Waals surface area contributed by atoms with Crippen molar-refractivity contribution in [2.45, 2.75) is 44.2 Å². The average Bonchev–Trinajstić information content (AvgIpc) is 2.72. The number of methoxy groups -OCH3 is 1. The van der Waals surface area contributed by atoms with Crippen LogP contribution in [0.1, 0.15) is 36.7 Å². The van der Waals surface area contributed by atoms with Crippen molar-refractivity contribution in [1.29, 1.82) is 0 Å². The van der Waals surface area contributed by atoms with Crippen molar-refractivity contribution in [3.05, 3.63) is 47.5 Å². The number of sulfonamides is 1. The van der Waals surface area contributed by atoms with Crippen LogP contribution in [0.5, 0.6) is 5.75 Å². The van der Waals surface area contributed by atoms with Gasteiger partial charge >= 0.3 is 6.09 Å². The number of nitrogens with zero attached hydrogens (tertiary/aromatic N) is 1. The summed E-state index contributed by atoms with van der Waals surface area (Å²) >= 11 is 0. The molecule has 0 aliphatic heterocycles. The number of nitrogens with two attached hydrogens (primary N) is 1. The Bertz CT molecular complexity index is 1200. The van der Waals surface area contributed by atoms with Crippen molar-refractivity contribution >= 4 is 41.0 Å². The molecule has 2 rings (SSSR count). The second kappa shape index (κ2) is 11.0. The van der Waals surface area contributed by atoms with E-state index in [0.29, 0.717) is 11.0 Å². The Morgan fingerprint density at radius 3 is 2.37 bits per heavy atom. The van der Waals surface area contributed by atoms with E-state index in [1.54, 1.807) is 34.7 Å². The number of primary sulfonamides is 1. The van der Waals surface area contributed by atoms with Crippen molar-refractivity contribution in [2.75, 3.05) is 19.0 Å². The predicted molar refractivity (Wildman–Crippen MR) is 130 cm³/mol. The largest absolute Gasteiger partial charge is 0.495 e. The summed E-state index contributed by atoms with van der Waals surface area (Å²) < 4.78 is 59.8. The molecule has 0 bridgehead atoms. The first kappa shape index (κ1) is 28.1. The van der Waals surface area contributed by atoms with Gasteiger partial charge in [-0.05, 0) is 50.6 Å². The fraction of sp³-hybridized carbons (Fsp3) is 0.364. The van der Waals surface area contributed by atoms with Crippen LogP contribution in [0.2, 0.25) is 0 Å². The smallest absolute Gasteiger partial charge is 0.410 e. The SMILES string of the molecule is Bc1ccc(C(=O)Nc2ccc(S(N)(=O)=O)c(OC)c2)cc1CN(CC(F)F)C(=O)OC(C)(C)C. The minimum Gasteiger partial charge on any atom is -0.495 e. The van der Waals surface area contributed by atoms with E-state index < -0.39 is 40.6 Å². The van der Waals surface area contributed by atoms with Crippen LogP contribution < -0.4 is 20.7 Å². The summed E-state index contributed by atoms with van der Waals surface area (Å²) in [5.41, 5.74) is 0.735. The summed E-state index contributed by atoms with van der Waals surface area (Å²) in [6.45, 7) is 3.87. The number of anilines is 1. The lowest BCUT2D eigenvalue weighted by molar-refractivity contribution is 0.00824. The zero-order valence-electron chi connectivity index (χ0n) is 20.1. The standard InChI is InChI=1S/C22H28BF2N3O6S/c1-22(2,3)34-21(30)28(12-19(24)25)11-14-9-13(5-7-16(14)23)20(29)27-15-6-8-18(35(26,31)32)17(10-15)33-4/h5-10,19H,11-12,23H2,1-4H3,(H,27,29)(H2,26,31,32). The van der Waals surface area contributed by atoms with Crippen LogP contribution in [0, 0.1) is 0 Å². The van der Waals surface area contributed by atoms with Gasteiger partial charge in [0.15, 0.2) is 0 Å². The number of alkyl halides is 2. The number of rotatable bonds is 8. The van der Waals surface area contributed by atoms with E-state index in [4.69, 9.17) is 14.6 Å². The van der Waals surface area contributed by atoms with E-state index in [-0.39, 0.29) is 28.4 Å². The highest BCUT2D eigenvalue weighted by atomic mass is 32.2. The third kappa shape index (κ3) is 8.21. The van der Waals surface area contributed by atoms with Crippen molar-refractivity contribution < 1.29 is 36.3 Å². The second-order valence-corrected chi connectivity index (χ2v) is 10.3. The fourth-order valence-corrected chi connectivity index (χ4v) is 3.75. The van der Waals surface area contributed by atoms with Crippen molar-refractivity contribution in [3.8, 4) is 5.75 Å². The van der Waals surface area contributed by atoms with E-state index in [9.17, 15) is 26.8 Å². The molecule has 0 atom stereocenters. The maximum atomic E-state index is 13.1. The lowest BCUT2D eigenvalue weighted by Crippen LogP contribution is -2.40. The number of hydrogen-bond donors (Lipinski definition) is 2. The van der Waals surface area contributed by atoms with Crippen LogP contribution in [0.25, 0.3) is 0 Å². The molecule has 0 saturated heterocycles. The Morgan fingerprint density at radius 2 is 1.83 bits per heavy atom. The van der Waals surface area contributed by atoms with Gasteiger partial charge in [0.25, 0.3) is 12.3 Å². The van der Waals surface area contributed by atoms with Gasteiger partial charge in [-0.15, -0.1) is 0 Å². The molecule has 0 spiro atoms. The minimum absolute atomic E-state index is 0.0464. The highest BCUT2D eigenvalue weighted by Gasteiger charge is 2.25. The van der Waals surface area contributed by atoms with E-state index in [1.807, 2.05) is 0 Å². The Kier molecular flexibility index (Phi) is 8.85. The van der Waals surface area contributed by atoms with Gasteiger partial charge < -0.3 is 14.8 Å². The first-order chi connectivity index (χ1) is 16.1. The van der Waals surface area contributed by atoms with Crippen LogP contribution in [-0.4, -0.2) is 58.8 Å². The monoisotopic (exact) mass is 511 g/mol. The zero-order valence-corrected chi connectivity index (χ0v) is 20.9. The molecule has 0 heterocycles. The Hall–Kier alpha value is -3.19. The number of carbonyl (C=O) groups excluding carboxylic acids is 2. The van der Waals surface area contributed by atoms with Gasteiger partial charge in [-0.3, -0.25) is 9.69 Å². The minimum atomic E-state index is -4.03. The van der Waals surface area contributed by atoms with E-state index in [0.717, 1.165) is 4.90 Å². The maximum absolute atomic E-state index is 13.1. The second-order valence-electron chi connectivity index (χ2n) is 8.76. The Balaban J connectivity index is 2.29. The van der Waals surface area contributed by atoms with Crippen LogP contribution in [0.3, 0.4) is 0 Å². The van der Waals surface area contributed by atoms with Crippen LogP contribution in [0.4, 0.5) is 19.3 Å². The van der Waals surface area contributed by atoms with Crippen molar-refractivity contribution in [1.82, 2.24) is 4.90 Å². The molecule has 2 aromatic rings. The first-order valence-corrected chi connectivity index (χ1v) is 12.0. The van der Waals surface area contributed by atoms with Gasteiger partial charge in [0.05, 0.1) is 13.7 Å². The van der Waals surface area contributed by atoms with E-state index >= 15 is 0 Å². The van der Waals surface area contributed by atoms with Crippen LogP contribution in [0.15, 0.2) is 41.3 Å². The molecule has 2 aromatic carbocycles. The van der Waals surface area contributed by atoms with Crippen LogP contribution in [-0.2, 0) is 21.3 Å². The topological polar surface area (TPSA) is 128 Å². The molecule has 0 radical (unpaired) electrons. The highest BCUT2D eigenvalue weighted by molar-refractivity contribution is 7.89. The molecular weight excluding hydrogens is 483 g/mol. The molecule has 0 aromatic heterocycles. The molecule has 9 nitrogen and oxygen atoms in total. The molecule has 0 aliphatic carbocycles. The summed E-state index contributed by atoms with van der Waals surface area (Å²) in [6, 6.07) is 8.51. The molecular formula is C22H28BF2N3O6S. The zero-order chi connectivity index (χ0) is 26.6. The lowest BCUT2D eigenvalue weighted by atomic mass is 9.89.